The molecule has 1 N–H and O–H groups in total. The van der Waals surface area contributed by atoms with E-state index in [1.54, 1.807) is 0 Å². The first kappa shape index (κ1) is 13.3. The Bertz CT molecular complexity index is 440. The molecule has 0 aromatic heterocycles. The number of carbonyl (C=O) groups is 1. The molecule has 0 heterocycles. The van der Waals surface area contributed by atoms with Gasteiger partial charge in [0, 0.05) is 24.8 Å². The molecule has 1 aromatic carbocycles. The minimum Gasteiger partial charge on any atom is -0.319 e. The maximum Gasteiger partial charge on any atom is 0.132 e. The van der Waals surface area contributed by atoms with Crippen LogP contribution in [-0.2, 0) is 10.2 Å². The van der Waals surface area contributed by atoms with Crippen LogP contribution in [0.3, 0.4) is 0 Å². The van der Waals surface area contributed by atoms with Crippen molar-refractivity contribution in [2.24, 2.45) is 0 Å². The molecule has 0 unspecified atom stereocenters. The molecule has 0 bridgehead atoms. The van der Waals surface area contributed by atoms with E-state index in [4.69, 9.17) is 0 Å². The Hall–Kier alpha value is -1.15. The van der Waals surface area contributed by atoms with Crippen LogP contribution in [0, 0.1) is 13.8 Å². The van der Waals surface area contributed by atoms with Gasteiger partial charge in [-0.15, -0.1) is 0 Å². The number of nitrogens with one attached hydrogen (secondary N) is 1. The van der Waals surface area contributed by atoms with Crippen molar-refractivity contribution < 1.29 is 4.79 Å². The van der Waals surface area contributed by atoms with Crippen molar-refractivity contribution >= 4 is 5.78 Å². The van der Waals surface area contributed by atoms with Crippen molar-refractivity contribution in [3.05, 3.63) is 34.9 Å². The molecule has 1 aromatic rings. The lowest BCUT2D eigenvalue weighted by Crippen LogP contribution is -2.41. The fourth-order valence-electron chi connectivity index (χ4n) is 3.19. The van der Waals surface area contributed by atoms with Crippen LogP contribution in [0.2, 0.25) is 0 Å². The Morgan fingerprint density at radius 2 is 1.89 bits per heavy atom. The van der Waals surface area contributed by atoms with Gasteiger partial charge in [-0.05, 0) is 44.9 Å². The molecule has 1 aliphatic rings. The van der Waals surface area contributed by atoms with E-state index in [-0.39, 0.29) is 5.41 Å². The van der Waals surface area contributed by atoms with Gasteiger partial charge in [-0.3, -0.25) is 4.79 Å². The molecule has 1 fully saturated rings. The van der Waals surface area contributed by atoms with Crippen LogP contribution < -0.4 is 5.32 Å². The van der Waals surface area contributed by atoms with Crippen LogP contribution in [-0.4, -0.2) is 19.4 Å². The van der Waals surface area contributed by atoms with Crippen molar-refractivity contribution in [2.45, 2.75) is 44.9 Å². The Balaban J connectivity index is 2.40. The zero-order valence-electron chi connectivity index (χ0n) is 11.7. The molecule has 0 aliphatic heterocycles. The van der Waals surface area contributed by atoms with E-state index in [0.717, 1.165) is 32.2 Å². The Kier molecular flexibility index (Phi) is 3.86. The SMILES string of the molecule is CNCC1(c2cc(C)ccc2C)CCC(=O)CC1. The van der Waals surface area contributed by atoms with E-state index in [1.165, 1.54) is 16.7 Å². The molecule has 0 spiro atoms. The summed E-state index contributed by atoms with van der Waals surface area (Å²) in [5.74, 6) is 0.423. The molecule has 98 valence electrons. The van der Waals surface area contributed by atoms with Crippen molar-refractivity contribution in [2.75, 3.05) is 13.6 Å². The van der Waals surface area contributed by atoms with E-state index in [1.807, 2.05) is 7.05 Å². The van der Waals surface area contributed by atoms with Gasteiger partial charge in [-0.1, -0.05) is 23.8 Å². The fourth-order valence-corrected chi connectivity index (χ4v) is 3.19. The van der Waals surface area contributed by atoms with E-state index >= 15 is 0 Å². The van der Waals surface area contributed by atoms with Gasteiger partial charge >= 0.3 is 0 Å². The summed E-state index contributed by atoms with van der Waals surface area (Å²) in [5.41, 5.74) is 4.25. The molecule has 0 amide bonds. The van der Waals surface area contributed by atoms with Gasteiger partial charge in [-0.25, -0.2) is 0 Å². The molecule has 2 heteroatoms. The highest BCUT2D eigenvalue weighted by molar-refractivity contribution is 5.79. The lowest BCUT2D eigenvalue weighted by Gasteiger charge is -2.38. The van der Waals surface area contributed by atoms with Crippen molar-refractivity contribution in [1.82, 2.24) is 5.32 Å². The molecule has 1 aliphatic carbocycles. The Morgan fingerprint density at radius 3 is 2.50 bits per heavy atom. The summed E-state index contributed by atoms with van der Waals surface area (Å²) in [4.78, 5) is 11.5. The normalized spacial score (nSPS) is 18.9. The van der Waals surface area contributed by atoms with Crippen molar-refractivity contribution in [3.8, 4) is 0 Å². The Labute approximate surface area is 110 Å². The number of Topliss-reactive ketones (excluding diaryl/α,β-unsaturated/α-hetero) is 1. The molecule has 0 atom stereocenters. The number of ketones is 1. The van der Waals surface area contributed by atoms with E-state index in [9.17, 15) is 4.79 Å². The Morgan fingerprint density at radius 1 is 1.22 bits per heavy atom. The van der Waals surface area contributed by atoms with Gasteiger partial charge in [0.2, 0.25) is 0 Å². The summed E-state index contributed by atoms with van der Waals surface area (Å²) in [6.07, 6.45) is 3.43. The number of aryl methyl sites for hydroxylation is 2. The summed E-state index contributed by atoms with van der Waals surface area (Å²) < 4.78 is 0. The third kappa shape index (κ3) is 2.49. The van der Waals surface area contributed by atoms with E-state index < -0.39 is 0 Å². The van der Waals surface area contributed by atoms with Crippen molar-refractivity contribution in [3.63, 3.8) is 0 Å². The second kappa shape index (κ2) is 5.23. The molecule has 2 rings (SSSR count). The predicted molar refractivity (Wildman–Crippen MR) is 75.0 cm³/mol. The third-order valence-corrected chi connectivity index (χ3v) is 4.24. The number of carbonyl (C=O) groups excluding carboxylic acids is 1. The minimum atomic E-state index is 0.152. The van der Waals surface area contributed by atoms with Crippen LogP contribution in [0.4, 0.5) is 0 Å². The summed E-state index contributed by atoms with van der Waals surface area (Å²) in [5, 5.41) is 3.33. The highest BCUT2D eigenvalue weighted by Gasteiger charge is 2.36. The first-order valence-corrected chi connectivity index (χ1v) is 6.81. The van der Waals surface area contributed by atoms with Gasteiger partial charge in [0.25, 0.3) is 0 Å². The number of rotatable bonds is 3. The second-order valence-corrected chi connectivity index (χ2v) is 5.67. The zero-order valence-corrected chi connectivity index (χ0v) is 11.7. The topological polar surface area (TPSA) is 29.1 Å². The smallest absolute Gasteiger partial charge is 0.132 e. The molecular weight excluding hydrogens is 222 g/mol. The summed E-state index contributed by atoms with van der Waals surface area (Å²) >= 11 is 0. The average molecular weight is 245 g/mol. The highest BCUT2D eigenvalue weighted by atomic mass is 16.1. The number of hydrogen-bond acceptors (Lipinski definition) is 2. The highest BCUT2D eigenvalue weighted by Crippen LogP contribution is 2.39. The van der Waals surface area contributed by atoms with E-state index in [2.05, 4.69) is 37.4 Å². The first-order valence-electron chi connectivity index (χ1n) is 6.81. The minimum absolute atomic E-state index is 0.152. The molecular formula is C16H23NO. The van der Waals surface area contributed by atoms with Crippen LogP contribution >= 0.6 is 0 Å². The van der Waals surface area contributed by atoms with Gasteiger partial charge in [0.1, 0.15) is 5.78 Å². The van der Waals surface area contributed by atoms with Crippen LogP contribution in [0.1, 0.15) is 42.4 Å². The number of benzene rings is 1. The van der Waals surface area contributed by atoms with Gasteiger partial charge in [0.15, 0.2) is 0 Å². The summed E-state index contributed by atoms with van der Waals surface area (Å²) in [7, 11) is 2.00. The second-order valence-electron chi connectivity index (χ2n) is 5.67. The quantitative estimate of drug-likeness (QED) is 0.887. The first-order chi connectivity index (χ1) is 8.57. The maximum atomic E-state index is 11.5. The zero-order chi connectivity index (χ0) is 13.2. The average Bonchev–Trinajstić information content (AvgIpc) is 2.36. The number of likely N-dealkylation sites (N-methyl/N-ethyl adjacent to an activating group) is 1. The van der Waals surface area contributed by atoms with Gasteiger partial charge < -0.3 is 5.32 Å². The molecule has 0 radical (unpaired) electrons. The fraction of sp³-hybridized carbons (Fsp3) is 0.562. The molecule has 0 saturated heterocycles. The lowest BCUT2D eigenvalue weighted by molar-refractivity contribution is -0.121. The van der Waals surface area contributed by atoms with Crippen LogP contribution in [0.15, 0.2) is 18.2 Å². The van der Waals surface area contributed by atoms with Crippen LogP contribution in [0.25, 0.3) is 0 Å². The van der Waals surface area contributed by atoms with E-state index in [0.29, 0.717) is 5.78 Å². The summed E-state index contributed by atoms with van der Waals surface area (Å²) in [6, 6.07) is 6.68. The maximum absolute atomic E-state index is 11.5. The third-order valence-electron chi connectivity index (χ3n) is 4.24. The largest absolute Gasteiger partial charge is 0.319 e. The lowest BCUT2D eigenvalue weighted by atomic mass is 9.67. The van der Waals surface area contributed by atoms with Crippen LogP contribution in [0.5, 0.6) is 0 Å². The van der Waals surface area contributed by atoms with Gasteiger partial charge in [-0.2, -0.15) is 0 Å². The molecule has 2 nitrogen and oxygen atoms in total. The molecule has 1 saturated carbocycles. The monoisotopic (exact) mass is 245 g/mol. The van der Waals surface area contributed by atoms with Gasteiger partial charge in [0.05, 0.1) is 0 Å². The molecule has 18 heavy (non-hydrogen) atoms. The van der Waals surface area contributed by atoms with Crippen molar-refractivity contribution in [1.29, 1.82) is 0 Å². The predicted octanol–water partition coefficient (Wildman–Crippen LogP) is 2.90. The summed E-state index contributed by atoms with van der Waals surface area (Å²) in [6.45, 7) is 5.29. The number of hydrogen-bond donors (Lipinski definition) is 1. The standard InChI is InChI=1S/C16H23NO/c1-12-4-5-13(2)15(10-12)16(11-17-3)8-6-14(18)7-9-16/h4-5,10,17H,6-9,11H2,1-3H3.